The minimum absolute atomic E-state index is 0.0241. The maximum Gasteiger partial charge on any atom is 0.252 e. The molecule has 0 radical (unpaired) electrons. The van der Waals surface area contributed by atoms with E-state index in [-0.39, 0.29) is 23.0 Å². The summed E-state index contributed by atoms with van der Waals surface area (Å²) in [6.07, 6.45) is 1.64. The smallest absolute Gasteiger partial charge is 0.252 e. The van der Waals surface area contributed by atoms with Gasteiger partial charge in [0.2, 0.25) is 15.9 Å². The number of hydrogen-bond donors (Lipinski definition) is 3. The van der Waals surface area contributed by atoms with Gasteiger partial charge < -0.3 is 10.6 Å². The highest BCUT2D eigenvalue weighted by Gasteiger charge is 2.28. The van der Waals surface area contributed by atoms with Crippen molar-refractivity contribution in [3.05, 3.63) is 58.1 Å². The molecule has 0 bridgehead atoms. The molecule has 0 unspecified atom stereocenters. The largest absolute Gasteiger partial charge is 0.343 e. The summed E-state index contributed by atoms with van der Waals surface area (Å²) in [6.45, 7) is 3.31. The SMILES string of the molecule is Cc1ccc(NC(=O)CNC(=O)c2cc(S(=O)(=O)NC3CC3)ccc2C)c(Cl)c1. The summed E-state index contributed by atoms with van der Waals surface area (Å²) in [5.41, 5.74) is 2.22. The Morgan fingerprint density at radius 1 is 1.10 bits per heavy atom. The van der Waals surface area contributed by atoms with Gasteiger partial charge in [0.05, 0.1) is 22.2 Å². The lowest BCUT2D eigenvalue weighted by molar-refractivity contribution is -0.115. The van der Waals surface area contributed by atoms with Crippen molar-refractivity contribution in [1.29, 1.82) is 0 Å². The molecule has 7 nitrogen and oxygen atoms in total. The average Bonchev–Trinajstić information content (AvgIpc) is 3.45. The van der Waals surface area contributed by atoms with Crippen LogP contribution in [0, 0.1) is 13.8 Å². The molecule has 0 aliphatic heterocycles. The normalized spacial score (nSPS) is 13.8. The zero-order chi connectivity index (χ0) is 21.2. The van der Waals surface area contributed by atoms with E-state index in [1.54, 1.807) is 25.1 Å². The van der Waals surface area contributed by atoms with Gasteiger partial charge in [0.15, 0.2) is 0 Å². The summed E-state index contributed by atoms with van der Waals surface area (Å²) in [5.74, 6) is -0.975. The maximum absolute atomic E-state index is 12.5. The molecule has 0 heterocycles. The van der Waals surface area contributed by atoms with E-state index in [0.29, 0.717) is 16.3 Å². The van der Waals surface area contributed by atoms with Crippen molar-refractivity contribution in [3.63, 3.8) is 0 Å². The Morgan fingerprint density at radius 2 is 1.83 bits per heavy atom. The van der Waals surface area contributed by atoms with Gasteiger partial charge in [0, 0.05) is 11.6 Å². The predicted molar refractivity (Wildman–Crippen MR) is 112 cm³/mol. The van der Waals surface area contributed by atoms with E-state index in [1.165, 1.54) is 12.1 Å². The van der Waals surface area contributed by atoms with Crippen LogP contribution in [-0.4, -0.2) is 32.8 Å². The molecule has 1 aliphatic rings. The van der Waals surface area contributed by atoms with E-state index in [4.69, 9.17) is 11.6 Å². The van der Waals surface area contributed by atoms with Crippen molar-refractivity contribution in [2.24, 2.45) is 0 Å². The summed E-state index contributed by atoms with van der Waals surface area (Å²) in [5, 5.41) is 5.55. The third-order valence-corrected chi connectivity index (χ3v) is 6.30. The van der Waals surface area contributed by atoms with Crippen LogP contribution in [0.1, 0.15) is 34.3 Å². The van der Waals surface area contributed by atoms with Crippen LogP contribution in [-0.2, 0) is 14.8 Å². The first kappa shape index (κ1) is 21.3. The molecule has 1 saturated carbocycles. The van der Waals surface area contributed by atoms with Crippen LogP contribution in [0.25, 0.3) is 0 Å². The molecule has 0 atom stereocenters. The van der Waals surface area contributed by atoms with Crippen LogP contribution in [0.5, 0.6) is 0 Å². The Morgan fingerprint density at radius 3 is 2.48 bits per heavy atom. The zero-order valence-corrected chi connectivity index (χ0v) is 17.7. The lowest BCUT2D eigenvalue weighted by Gasteiger charge is -2.12. The van der Waals surface area contributed by atoms with E-state index in [2.05, 4.69) is 15.4 Å². The summed E-state index contributed by atoms with van der Waals surface area (Å²) in [7, 11) is -3.67. The van der Waals surface area contributed by atoms with Crippen LogP contribution >= 0.6 is 11.6 Å². The quantitative estimate of drug-likeness (QED) is 0.621. The molecule has 1 fully saturated rings. The van der Waals surface area contributed by atoms with Crippen LogP contribution in [0.15, 0.2) is 41.3 Å². The van der Waals surface area contributed by atoms with Crippen molar-refractivity contribution < 1.29 is 18.0 Å². The molecule has 2 aromatic rings. The number of hydrogen-bond acceptors (Lipinski definition) is 4. The van der Waals surface area contributed by atoms with Gasteiger partial charge in [-0.2, -0.15) is 0 Å². The highest BCUT2D eigenvalue weighted by Crippen LogP contribution is 2.24. The molecular weight excluding hydrogens is 414 g/mol. The number of benzene rings is 2. The third-order valence-electron chi connectivity index (χ3n) is 4.47. The van der Waals surface area contributed by atoms with Gasteiger partial charge in [-0.3, -0.25) is 9.59 Å². The number of sulfonamides is 1. The first-order valence-electron chi connectivity index (χ1n) is 9.13. The second-order valence-electron chi connectivity index (χ2n) is 7.09. The van der Waals surface area contributed by atoms with Gasteiger partial charge in [-0.05, 0) is 62.1 Å². The molecule has 0 saturated heterocycles. The molecular formula is C20H22ClN3O4S. The molecule has 9 heteroatoms. The zero-order valence-electron chi connectivity index (χ0n) is 16.1. The fourth-order valence-corrected chi connectivity index (χ4v) is 4.29. The summed E-state index contributed by atoms with van der Waals surface area (Å²) >= 11 is 6.09. The topological polar surface area (TPSA) is 104 Å². The standard InChI is InChI=1S/C20H22ClN3O4S/c1-12-3-8-18(17(21)9-12)23-19(25)11-22-20(26)16-10-15(7-4-13(16)2)29(27,28)24-14-5-6-14/h3-4,7-10,14,24H,5-6,11H2,1-2H3,(H,22,26)(H,23,25). The lowest BCUT2D eigenvalue weighted by atomic mass is 10.1. The molecule has 2 aromatic carbocycles. The second kappa shape index (κ2) is 8.52. The molecule has 154 valence electrons. The number of amides is 2. The first-order chi connectivity index (χ1) is 13.7. The monoisotopic (exact) mass is 435 g/mol. The Balaban J connectivity index is 1.65. The number of aryl methyl sites for hydroxylation is 2. The second-order valence-corrected chi connectivity index (χ2v) is 9.21. The van der Waals surface area contributed by atoms with Crippen molar-refractivity contribution in [2.45, 2.75) is 37.6 Å². The van der Waals surface area contributed by atoms with Gasteiger partial charge >= 0.3 is 0 Å². The molecule has 1 aliphatic carbocycles. The molecule has 3 N–H and O–H groups in total. The lowest BCUT2D eigenvalue weighted by Crippen LogP contribution is -2.33. The van der Waals surface area contributed by atoms with Crippen molar-refractivity contribution in [3.8, 4) is 0 Å². The number of halogens is 1. The van der Waals surface area contributed by atoms with Gasteiger partial charge in [-0.25, -0.2) is 13.1 Å². The molecule has 3 rings (SSSR count). The maximum atomic E-state index is 12.5. The van der Waals surface area contributed by atoms with Gasteiger partial charge in [-0.1, -0.05) is 23.7 Å². The highest BCUT2D eigenvalue weighted by atomic mass is 35.5. The summed E-state index contributed by atoms with van der Waals surface area (Å²) in [6, 6.07) is 9.54. The van der Waals surface area contributed by atoms with Crippen LogP contribution < -0.4 is 15.4 Å². The number of carbonyl (C=O) groups is 2. The van der Waals surface area contributed by atoms with Crippen molar-refractivity contribution >= 4 is 39.1 Å². The minimum atomic E-state index is -3.67. The van der Waals surface area contributed by atoms with Crippen molar-refractivity contribution in [1.82, 2.24) is 10.0 Å². The number of anilines is 1. The van der Waals surface area contributed by atoms with E-state index >= 15 is 0 Å². The first-order valence-corrected chi connectivity index (χ1v) is 11.0. The van der Waals surface area contributed by atoms with Crippen LogP contribution in [0.4, 0.5) is 5.69 Å². The number of rotatable bonds is 7. The third kappa shape index (κ3) is 5.56. The van der Waals surface area contributed by atoms with E-state index in [1.807, 2.05) is 13.0 Å². The minimum Gasteiger partial charge on any atom is -0.343 e. The fraction of sp³-hybridized carbons (Fsp3) is 0.300. The van der Waals surface area contributed by atoms with E-state index in [0.717, 1.165) is 18.4 Å². The Labute approximate surface area is 174 Å². The average molecular weight is 436 g/mol. The van der Waals surface area contributed by atoms with Gasteiger partial charge in [-0.15, -0.1) is 0 Å². The number of nitrogens with one attached hydrogen (secondary N) is 3. The van der Waals surface area contributed by atoms with Crippen LogP contribution in [0.2, 0.25) is 5.02 Å². The summed E-state index contributed by atoms with van der Waals surface area (Å²) in [4.78, 5) is 24.7. The fourth-order valence-electron chi connectivity index (χ4n) is 2.67. The Kier molecular flexibility index (Phi) is 6.26. The predicted octanol–water partition coefficient (Wildman–Crippen LogP) is 2.77. The molecule has 29 heavy (non-hydrogen) atoms. The van der Waals surface area contributed by atoms with Gasteiger partial charge in [0.25, 0.3) is 5.91 Å². The van der Waals surface area contributed by atoms with E-state index in [9.17, 15) is 18.0 Å². The molecule has 0 aromatic heterocycles. The molecule has 0 spiro atoms. The Bertz CT molecular complexity index is 1070. The summed E-state index contributed by atoms with van der Waals surface area (Å²) < 4.78 is 27.3. The van der Waals surface area contributed by atoms with Crippen molar-refractivity contribution in [2.75, 3.05) is 11.9 Å². The molecule has 2 amide bonds. The Hall–Kier alpha value is -2.42. The van der Waals surface area contributed by atoms with Crippen LogP contribution in [0.3, 0.4) is 0 Å². The van der Waals surface area contributed by atoms with E-state index < -0.39 is 21.8 Å². The van der Waals surface area contributed by atoms with Gasteiger partial charge in [0.1, 0.15) is 0 Å². The number of carbonyl (C=O) groups excluding carboxylic acids is 2. The highest BCUT2D eigenvalue weighted by molar-refractivity contribution is 7.89.